The molecule has 0 amide bonds. The smallest absolute Gasteiger partial charge is 0.191 e. The summed E-state index contributed by atoms with van der Waals surface area (Å²) in [7, 11) is 0. The van der Waals surface area contributed by atoms with Gasteiger partial charge in [0.15, 0.2) is 5.96 Å². The van der Waals surface area contributed by atoms with Crippen LogP contribution in [0.4, 0.5) is 14.5 Å². The van der Waals surface area contributed by atoms with Crippen LogP contribution in [0.15, 0.2) is 23.2 Å². The minimum Gasteiger partial charge on any atom is -0.388 e. The molecule has 0 bridgehead atoms. The van der Waals surface area contributed by atoms with E-state index in [1.807, 2.05) is 11.8 Å². The Labute approximate surface area is 147 Å². The molecular formula is C18H26F2N4O. The van der Waals surface area contributed by atoms with Gasteiger partial charge in [-0.1, -0.05) is 0 Å². The lowest BCUT2D eigenvalue weighted by atomic mass is 9.80. The van der Waals surface area contributed by atoms with E-state index in [1.54, 1.807) is 0 Å². The SMILES string of the molecule is CCNC(=NCC1(O)CCC1)NC1CCN(c2ccc(F)cc2F)C1. The Bertz CT molecular complexity index is 634. The largest absolute Gasteiger partial charge is 0.388 e. The number of nitrogens with zero attached hydrogens (tertiary/aromatic N) is 2. The van der Waals surface area contributed by atoms with Crippen LogP contribution in [0, 0.1) is 11.6 Å². The number of aliphatic imine (C=N–C) groups is 1. The Hall–Kier alpha value is -1.89. The molecule has 5 nitrogen and oxygen atoms in total. The average Bonchev–Trinajstić information content (AvgIpc) is 2.99. The highest BCUT2D eigenvalue weighted by Crippen LogP contribution is 2.31. The summed E-state index contributed by atoms with van der Waals surface area (Å²) in [5, 5.41) is 16.7. The van der Waals surface area contributed by atoms with Gasteiger partial charge in [-0.25, -0.2) is 8.78 Å². The molecule has 2 aliphatic rings. The molecule has 1 aliphatic carbocycles. The van der Waals surface area contributed by atoms with Gasteiger partial charge in [0.25, 0.3) is 0 Å². The molecule has 138 valence electrons. The van der Waals surface area contributed by atoms with E-state index in [0.717, 1.165) is 38.3 Å². The highest BCUT2D eigenvalue weighted by atomic mass is 19.1. The lowest BCUT2D eigenvalue weighted by molar-refractivity contribution is -0.0236. The maximum absolute atomic E-state index is 13.9. The van der Waals surface area contributed by atoms with Crippen molar-refractivity contribution in [1.82, 2.24) is 10.6 Å². The Balaban J connectivity index is 1.59. The number of nitrogens with one attached hydrogen (secondary N) is 2. The molecule has 1 heterocycles. The Kier molecular flexibility index (Phi) is 5.42. The van der Waals surface area contributed by atoms with Crippen molar-refractivity contribution in [2.45, 2.75) is 44.2 Å². The Morgan fingerprint density at radius 2 is 2.20 bits per heavy atom. The zero-order valence-corrected chi connectivity index (χ0v) is 14.6. The molecule has 0 spiro atoms. The van der Waals surface area contributed by atoms with Crippen LogP contribution in [0.2, 0.25) is 0 Å². The van der Waals surface area contributed by atoms with E-state index in [1.165, 1.54) is 12.1 Å². The van der Waals surface area contributed by atoms with Crippen LogP contribution in [0.5, 0.6) is 0 Å². The van der Waals surface area contributed by atoms with Crippen molar-refractivity contribution in [3.63, 3.8) is 0 Å². The van der Waals surface area contributed by atoms with Crippen LogP contribution in [-0.4, -0.2) is 48.9 Å². The highest BCUT2D eigenvalue weighted by Gasteiger charge is 2.34. The summed E-state index contributed by atoms with van der Waals surface area (Å²) in [6.45, 7) is 4.43. The van der Waals surface area contributed by atoms with Gasteiger partial charge in [-0.3, -0.25) is 4.99 Å². The molecular weight excluding hydrogens is 326 g/mol. The van der Waals surface area contributed by atoms with Crippen LogP contribution in [0.25, 0.3) is 0 Å². The van der Waals surface area contributed by atoms with Gasteiger partial charge in [-0.2, -0.15) is 0 Å². The standard InChI is InChI=1S/C18H26F2N4O/c1-2-21-17(22-12-18(25)7-3-8-18)23-14-6-9-24(11-14)16-5-4-13(19)10-15(16)20/h4-5,10,14,25H,2-3,6-9,11-12H2,1H3,(H2,21,22,23). The summed E-state index contributed by atoms with van der Waals surface area (Å²) in [6, 6.07) is 3.81. The van der Waals surface area contributed by atoms with Crippen LogP contribution in [0.1, 0.15) is 32.6 Å². The number of anilines is 1. The zero-order valence-electron chi connectivity index (χ0n) is 14.6. The maximum atomic E-state index is 13.9. The molecule has 1 saturated carbocycles. The van der Waals surface area contributed by atoms with Crippen LogP contribution in [-0.2, 0) is 0 Å². The first-order chi connectivity index (χ1) is 12.0. The van der Waals surface area contributed by atoms with E-state index < -0.39 is 17.2 Å². The molecule has 0 radical (unpaired) electrons. The van der Waals surface area contributed by atoms with Gasteiger partial charge in [0.2, 0.25) is 0 Å². The van der Waals surface area contributed by atoms with Gasteiger partial charge in [-0.05, 0) is 44.7 Å². The fourth-order valence-corrected chi connectivity index (χ4v) is 3.32. The molecule has 3 N–H and O–H groups in total. The number of benzene rings is 1. The fraction of sp³-hybridized carbons (Fsp3) is 0.611. The number of rotatable bonds is 5. The zero-order chi connectivity index (χ0) is 17.9. The van der Waals surface area contributed by atoms with Crippen LogP contribution in [0.3, 0.4) is 0 Å². The van der Waals surface area contributed by atoms with Gasteiger partial charge < -0.3 is 20.6 Å². The minimum absolute atomic E-state index is 0.123. The van der Waals surface area contributed by atoms with Crippen molar-refractivity contribution in [3.05, 3.63) is 29.8 Å². The second kappa shape index (κ2) is 7.56. The number of hydrogen-bond donors (Lipinski definition) is 3. The van der Waals surface area contributed by atoms with Crippen molar-refractivity contribution in [1.29, 1.82) is 0 Å². The molecule has 1 aromatic rings. The van der Waals surface area contributed by atoms with E-state index in [0.29, 0.717) is 31.3 Å². The Morgan fingerprint density at radius 1 is 1.40 bits per heavy atom. The predicted molar refractivity (Wildman–Crippen MR) is 94.9 cm³/mol. The molecule has 1 atom stereocenters. The molecule has 1 saturated heterocycles. The van der Waals surface area contributed by atoms with Crippen molar-refractivity contribution in [2.75, 3.05) is 31.1 Å². The highest BCUT2D eigenvalue weighted by molar-refractivity contribution is 5.80. The number of hydrogen-bond acceptors (Lipinski definition) is 3. The van der Waals surface area contributed by atoms with Crippen molar-refractivity contribution >= 4 is 11.6 Å². The van der Waals surface area contributed by atoms with E-state index in [2.05, 4.69) is 15.6 Å². The number of halogens is 2. The molecule has 1 aromatic carbocycles. The maximum Gasteiger partial charge on any atom is 0.191 e. The van der Waals surface area contributed by atoms with Gasteiger partial charge in [0.05, 0.1) is 17.8 Å². The molecule has 1 unspecified atom stereocenters. The van der Waals surface area contributed by atoms with E-state index >= 15 is 0 Å². The summed E-state index contributed by atoms with van der Waals surface area (Å²) in [6.07, 6.45) is 3.50. The third kappa shape index (κ3) is 4.39. The van der Waals surface area contributed by atoms with Gasteiger partial charge in [0.1, 0.15) is 11.6 Å². The van der Waals surface area contributed by atoms with E-state index in [4.69, 9.17) is 0 Å². The summed E-state index contributed by atoms with van der Waals surface area (Å²) >= 11 is 0. The van der Waals surface area contributed by atoms with Crippen LogP contribution >= 0.6 is 0 Å². The van der Waals surface area contributed by atoms with Gasteiger partial charge in [-0.15, -0.1) is 0 Å². The second-order valence-corrected chi connectivity index (χ2v) is 6.94. The lowest BCUT2D eigenvalue weighted by Gasteiger charge is -2.35. The normalized spacial score (nSPS) is 22.6. The van der Waals surface area contributed by atoms with E-state index in [-0.39, 0.29) is 6.04 Å². The Morgan fingerprint density at radius 3 is 2.84 bits per heavy atom. The third-order valence-electron chi connectivity index (χ3n) is 4.94. The van der Waals surface area contributed by atoms with Gasteiger partial charge in [0, 0.05) is 31.7 Å². The molecule has 2 fully saturated rings. The van der Waals surface area contributed by atoms with Crippen molar-refractivity contribution < 1.29 is 13.9 Å². The minimum atomic E-state index is -0.651. The number of guanidine groups is 1. The molecule has 3 rings (SSSR count). The second-order valence-electron chi connectivity index (χ2n) is 6.94. The first kappa shape index (κ1) is 17.9. The van der Waals surface area contributed by atoms with E-state index in [9.17, 15) is 13.9 Å². The first-order valence-electron chi connectivity index (χ1n) is 8.96. The van der Waals surface area contributed by atoms with Crippen molar-refractivity contribution in [2.24, 2.45) is 4.99 Å². The monoisotopic (exact) mass is 352 g/mol. The fourth-order valence-electron chi connectivity index (χ4n) is 3.32. The molecule has 1 aliphatic heterocycles. The summed E-state index contributed by atoms with van der Waals surface area (Å²) in [5.41, 5.74) is -0.224. The lowest BCUT2D eigenvalue weighted by Crippen LogP contribution is -2.46. The predicted octanol–water partition coefficient (Wildman–Crippen LogP) is 2.01. The quantitative estimate of drug-likeness (QED) is 0.560. The third-order valence-corrected chi connectivity index (χ3v) is 4.94. The topological polar surface area (TPSA) is 59.9 Å². The average molecular weight is 352 g/mol. The summed E-state index contributed by atoms with van der Waals surface area (Å²) in [5.74, 6) is -0.423. The number of aliphatic hydroxyl groups is 1. The van der Waals surface area contributed by atoms with Crippen LogP contribution < -0.4 is 15.5 Å². The van der Waals surface area contributed by atoms with Crippen molar-refractivity contribution in [3.8, 4) is 0 Å². The van der Waals surface area contributed by atoms with Gasteiger partial charge >= 0.3 is 0 Å². The summed E-state index contributed by atoms with van der Waals surface area (Å²) < 4.78 is 27.0. The molecule has 25 heavy (non-hydrogen) atoms. The molecule has 0 aromatic heterocycles. The first-order valence-corrected chi connectivity index (χ1v) is 8.96. The molecule has 7 heteroatoms. The summed E-state index contributed by atoms with van der Waals surface area (Å²) in [4.78, 5) is 6.41.